The largest absolute Gasteiger partial charge is 0.493 e. The van der Waals surface area contributed by atoms with Gasteiger partial charge in [-0.3, -0.25) is 4.79 Å². The quantitative estimate of drug-likeness (QED) is 0.418. The number of nitrogens with zero attached hydrogens (tertiary/aromatic N) is 2. The van der Waals surface area contributed by atoms with Crippen molar-refractivity contribution in [2.45, 2.75) is 39.7 Å². The van der Waals surface area contributed by atoms with Crippen molar-refractivity contribution in [2.24, 2.45) is 0 Å². The molecule has 1 amide bonds. The fraction of sp³-hybridized carbons (Fsp3) is 0.375. The third-order valence-electron chi connectivity index (χ3n) is 4.61. The number of carbonyl (C=O) groups excluding carboxylic acids is 1. The summed E-state index contributed by atoms with van der Waals surface area (Å²) < 4.78 is 27.5. The first-order valence-electron chi connectivity index (χ1n) is 10.9. The lowest BCUT2D eigenvalue weighted by Crippen LogP contribution is -2.30. The van der Waals surface area contributed by atoms with Crippen molar-refractivity contribution in [3.05, 3.63) is 42.5 Å². The van der Waals surface area contributed by atoms with Crippen LogP contribution in [-0.4, -0.2) is 42.6 Å². The van der Waals surface area contributed by atoms with Gasteiger partial charge in [0.25, 0.3) is 5.91 Å². The molecule has 0 fully saturated rings. The predicted octanol–water partition coefficient (Wildman–Crippen LogP) is 4.73. The Morgan fingerprint density at radius 2 is 1.67 bits per heavy atom. The van der Waals surface area contributed by atoms with Gasteiger partial charge >= 0.3 is 0 Å². The number of methoxy groups -OCH3 is 1. The van der Waals surface area contributed by atoms with Crippen molar-refractivity contribution >= 4 is 11.7 Å². The van der Waals surface area contributed by atoms with Gasteiger partial charge < -0.3 is 24.3 Å². The third-order valence-corrected chi connectivity index (χ3v) is 4.61. The predicted molar refractivity (Wildman–Crippen MR) is 123 cm³/mol. The zero-order chi connectivity index (χ0) is 23.6. The lowest BCUT2D eigenvalue weighted by Gasteiger charge is -2.16. The number of amides is 1. The Bertz CT molecular complexity index is 1050. The van der Waals surface area contributed by atoms with E-state index in [1.807, 2.05) is 32.0 Å². The van der Waals surface area contributed by atoms with Gasteiger partial charge in [0.2, 0.25) is 5.82 Å². The number of benzene rings is 2. The lowest BCUT2D eigenvalue weighted by atomic mass is 10.1. The van der Waals surface area contributed by atoms with Crippen LogP contribution < -0.4 is 24.3 Å². The zero-order valence-corrected chi connectivity index (χ0v) is 19.3. The van der Waals surface area contributed by atoms with Gasteiger partial charge in [0.1, 0.15) is 0 Å². The summed E-state index contributed by atoms with van der Waals surface area (Å²) in [6.45, 7) is 6.82. The number of carbonyl (C=O) groups is 1. The minimum atomic E-state index is -0.820. The summed E-state index contributed by atoms with van der Waals surface area (Å²) in [5.41, 5.74) is 1.04. The van der Waals surface area contributed by atoms with Gasteiger partial charge in [-0.1, -0.05) is 26.0 Å². The molecule has 33 heavy (non-hydrogen) atoms. The van der Waals surface area contributed by atoms with Crippen molar-refractivity contribution < 1.29 is 28.4 Å². The second-order valence-electron chi connectivity index (χ2n) is 7.22. The van der Waals surface area contributed by atoms with Crippen LogP contribution in [0.3, 0.4) is 0 Å². The molecule has 0 aliphatic carbocycles. The minimum Gasteiger partial charge on any atom is -0.493 e. The summed E-state index contributed by atoms with van der Waals surface area (Å²) in [4.78, 5) is 12.7. The van der Waals surface area contributed by atoms with Crippen LogP contribution in [0.25, 0.3) is 11.3 Å². The molecule has 0 radical (unpaired) electrons. The third kappa shape index (κ3) is 6.15. The fourth-order valence-corrected chi connectivity index (χ4v) is 2.95. The minimum absolute atomic E-state index is 0.180. The highest BCUT2D eigenvalue weighted by atomic mass is 16.6. The molecule has 0 bridgehead atoms. The standard InChI is InChI=1S/C24H29N3O6/c1-5-13-30-19-12-11-17(15-21(19)31-14-6-2)22-23(27-33-26-22)25-24(28)16(3)32-20-10-8-7-9-18(20)29-4/h7-12,15-16H,5-6,13-14H2,1-4H3,(H,25,27,28)/t16-/m1/s1. The summed E-state index contributed by atoms with van der Waals surface area (Å²) in [7, 11) is 1.54. The Hall–Kier alpha value is -3.75. The Labute approximate surface area is 192 Å². The van der Waals surface area contributed by atoms with Crippen LogP contribution in [0.15, 0.2) is 47.1 Å². The Balaban J connectivity index is 1.76. The summed E-state index contributed by atoms with van der Waals surface area (Å²) in [5.74, 6) is 2.00. The molecule has 9 nitrogen and oxygen atoms in total. The van der Waals surface area contributed by atoms with E-state index in [9.17, 15) is 4.79 Å². The van der Waals surface area contributed by atoms with Crippen LogP contribution in [0.2, 0.25) is 0 Å². The normalized spacial score (nSPS) is 11.5. The zero-order valence-electron chi connectivity index (χ0n) is 19.3. The summed E-state index contributed by atoms with van der Waals surface area (Å²) >= 11 is 0. The molecule has 0 saturated carbocycles. The van der Waals surface area contributed by atoms with E-state index in [1.165, 1.54) is 7.11 Å². The molecule has 2 aromatic carbocycles. The number of para-hydroxylation sites is 2. The molecule has 0 unspecified atom stereocenters. The van der Waals surface area contributed by atoms with E-state index in [0.29, 0.717) is 47.5 Å². The van der Waals surface area contributed by atoms with Crippen LogP contribution in [0.1, 0.15) is 33.6 Å². The van der Waals surface area contributed by atoms with Crippen molar-refractivity contribution in [1.82, 2.24) is 10.3 Å². The van der Waals surface area contributed by atoms with Crippen LogP contribution in [0.4, 0.5) is 5.82 Å². The van der Waals surface area contributed by atoms with E-state index in [2.05, 4.69) is 15.6 Å². The van der Waals surface area contributed by atoms with Crippen molar-refractivity contribution in [3.63, 3.8) is 0 Å². The molecule has 0 saturated heterocycles. The maximum Gasteiger partial charge on any atom is 0.266 e. The molecule has 0 spiro atoms. The maximum atomic E-state index is 12.7. The van der Waals surface area contributed by atoms with Gasteiger partial charge in [0, 0.05) is 5.56 Å². The first kappa shape index (κ1) is 23.9. The second kappa shape index (κ2) is 11.8. The Morgan fingerprint density at radius 3 is 2.36 bits per heavy atom. The monoisotopic (exact) mass is 455 g/mol. The second-order valence-corrected chi connectivity index (χ2v) is 7.22. The average molecular weight is 456 g/mol. The number of nitrogens with one attached hydrogen (secondary N) is 1. The topological polar surface area (TPSA) is 105 Å². The van der Waals surface area contributed by atoms with Crippen molar-refractivity contribution in [1.29, 1.82) is 0 Å². The molecule has 3 rings (SSSR count). The van der Waals surface area contributed by atoms with E-state index in [0.717, 1.165) is 12.8 Å². The van der Waals surface area contributed by atoms with Crippen molar-refractivity contribution in [3.8, 4) is 34.3 Å². The first-order chi connectivity index (χ1) is 16.1. The highest BCUT2D eigenvalue weighted by Crippen LogP contribution is 2.35. The lowest BCUT2D eigenvalue weighted by molar-refractivity contribution is -0.122. The van der Waals surface area contributed by atoms with Gasteiger partial charge in [-0.05, 0) is 60.4 Å². The van der Waals surface area contributed by atoms with E-state index >= 15 is 0 Å². The molecule has 1 atom stereocenters. The molecular weight excluding hydrogens is 426 g/mol. The number of hydrogen-bond acceptors (Lipinski definition) is 8. The fourth-order valence-electron chi connectivity index (χ4n) is 2.95. The van der Waals surface area contributed by atoms with Crippen LogP contribution in [0.5, 0.6) is 23.0 Å². The molecule has 0 aliphatic rings. The number of rotatable bonds is 12. The van der Waals surface area contributed by atoms with Crippen molar-refractivity contribution in [2.75, 3.05) is 25.6 Å². The highest BCUT2D eigenvalue weighted by Gasteiger charge is 2.22. The summed E-state index contributed by atoms with van der Waals surface area (Å²) in [5, 5.41) is 10.5. The summed E-state index contributed by atoms with van der Waals surface area (Å²) in [6.07, 6.45) is 0.918. The number of anilines is 1. The molecular formula is C24H29N3O6. The van der Waals surface area contributed by atoms with E-state index in [-0.39, 0.29) is 5.82 Å². The SMILES string of the molecule is CCCOc1ccc(-c2nonc2NC(=O)[C@@H](C)Oc2ccccc2OC)cc1OCCC. The highest BCUT2D eigenvalue weighted by molar-refractivity contribution is 5.96. The molecule has 176 valence electrons. The number of aromatic nitrogens is 2. The average Bonchev–Trinajstić information content (AvgIpc) is 3.29. The van der Waals surface area contributed by atoms with E-state index < -0.39 is 12.0 Å². The smallest absolute Gasteiger partial charge is 0.266 e. The number of hydrogen-bond donors (Lipinski definition) is 1. The molecule has 0 aliphatic heterocycles. The Kier molecular flexibility index (Phi) is 8.51. The maximum absolute atomic E-state index is 12.7. The summed E-state index contributed by atoms with van der Waals surface area (Å²) in [6, 6.07) is 12.5. The van der Waals surface area contributed by atoms with Gasteiger partial charge in [-0.2, -0.15) is 0 Å². The first-order valence-corrected chi connectivity index (χ1v) is 10.9. The van der Waals surface area contributed by atoms with Crippen LogP contribution in [-0.2, 0) is 4.79 Å². The van der Waals surface area contributed by atoms with Crippen LogP contribution >= 0.6 is 0 Å². The van der Waals surface area contributed by atoms with Gasteiger partial charge in [0.15, 0.2) is 34.8 Å². The van der Waals surface area contributed by atoms with E-state index in [1.54, 1.807) is 31.2 Å². The van der Waals surface area contributed by atoms with Gasteiger partial charge in [-0.15, -0.1) is 0 Å². The van der Waals surface area contributed by atoms with Gasteiger partial charge in [-0.25, -0.2) is 4.63 Å². The molecule has 1 aromatic heterocycles. The van der Waals surface area contributed by atoms with E-state index in [4.69, 9.17) is 23.6 Å². The van der Waals surface area contributed by atoms with Crippen LogP contribution in [0, 0.1) is 0 Å². The molecule has 9 heteroatoms. The van der Waals surface area contributed by atoms with Gasteiger partial charge in [0.05, 0.1) is 20.3 Å². The molecule has 1 heterocycles. The molecule has 1 N–H and O–H groups in total. The molecule has 3 aromatic rings. The number of ether oxygens (including phenoxy) is 4. The Morgan fingerprint density at radius 1 is 0.970 bits per heavy atom.